The molecule has 4 heteroatoms. The molecule has 0 atom stereocenters. The Labute approximate surface area is 118 Å². The van der Waals surface area contributed by atoms with E-state index in [2.05, 4.69) is 37.4 Å². The Bertz CT molecular complexity index is 356. The first-order valence-electron chi connectivity index (χ1n) is 7.02. The van der Waals surface area contributed by atoms with Gasteiger partial charge in [-0.25, -0.2) is 0 Å². The maximum Gasteiger partial charge on any atom is 0.218 e. The van der Waals surface area contributed by atoms with Crippen LogP contribution in [0.1, 0.15) is 32.6 Å². The largest absolute Gasteiger partial charge is 0.413 e. The summed E-state index contributed by atoms with van der Waals surface area (Å²) < 4.78 is 17.1. The molecule has 0 saturated carbocycles. The topological polar surface area (TPSA) is 27.7 Å². The van der Waals surface area contributed by atoms with Gasteiger partial charge in [0.25, 0.3) is 0 Å². The Balaban J connectivity index is 2.84. The lowest BCUT2D eigenvalue weighted by Crippen LogP contribution is -2.44. The van der Waals surface area contributed by atoms with Crippen molar-refractivity contribution in [3.8, 4) is 0 Å². The van der Waals surface area contributed by atoms with E-state index in [1.54, 1.807) is 0 Å². The van der Waals surface area contributed by atoms with E-state index in [0.29, 0.717) is 13.2 Å². The molecule has 19 heavy (non-hydrogen) atoms. The summed E-state index contributed by atoms with van der Waals surface area (Å²) in [6, 6.07) is 8.45. The Morgan fingerprint density at radius 2 is 1.42 bits per heavy atom. The van der Waals surface area contributed by atoms with Crippen LogP contribution in [-0.4, -0.2) is 28.1 Å². The Kier molecular flexibility index (Phi) is 6.72. The van der Waals surface area contributed by atoms with Gasteiger partial charge in [-0.15, -0.1) is 0 Å². The first-order chi connectivity index (χ1) is 9.05. The standard InChI is InChI=1S/C15H26O3Si/c1-6-16-15(17-7-2)13-9-11-14(12-10-13)19(4,5)18-8-3/h9-12,15H,6-8H2,1-5H3. The molecule has 0 spiro atoms. The third kappa shape index (κ3) is 4.73. The fourth-order valence-corrected chi connectivity index (χ4v) is 3.89. The predicted molar refractivity (Wildman–Crippen MR) is 81.2 cm³/mol. The molecular formula is C15H26O3Si. The molecule has 0 amide bonds. The highest BCUT2D eigenvalue weighted by Gasteiger charge is 2.24. The predicted octanol–water partition coefficient (Wildman–Crippen LogP) is 3.21. The summed E-state index contributed by atoms with van der Waals surface area (Å²) in [6.07, 6.45) is -0.263. The van der Waals surface area contributed by atoms with Crippen molar-refractivity contribution in [2.75, 3.05) is 19.8 Å². The van der Waals surface area contributed by atoms with Crippen molar-refractivity contribution in [2.45, 2.75) is 40.2 Å². The summed E-state index contributed by atoms with van der Waals surface area (Å²) >= 11 is 0. The minimum Gasteiger partial charge on any atom is -0.413 e. The minimum atomic E-state index is -1.76. The average molecular weight is 282 g/mol. The van der Waals surface area contributed by atoms with Crippen molar-refractivity contribution < 1.29 is 13.9 Å². The normalized spacial score (nSPS) is 12.1. The van der Waals surface area contributed by atoms with E-state index in [1.165, 1.54) is 5.19 Å². The van der Waals surface area contributed by atoms with Gasteiger partial charge in [-0.2, -0.15) is 0 Å². The third-order valence-electron chi connectivity index (χ3n) is 3.02. The molecule has 0 heterocycles. The maximum absolute atomic E-state index is 5.89. The Morgan fingerprint density at radius 3 is 1.84 bits per heavy atom. The van der Waals surface area contributed by atoms with Crippen molar-refractivity contribution in [1.82, 2.24) is 0 Å². The van der Waals surface area contributed by atoms with Gasteiger partial charge in [0, 0.05) is 25.4 Å². The van der Waals surface area contributed by atoms with Crippen LogP contribution in [0.2, 0.25) is 13.1 Å². The van der Waals surface area contributed by atoms with Crippen molar-refractivity contribution >= 4 is 13.5 Å². The van der Waals surface area contributed by atoms with E-state index < -0.39 is 8.32 Å². The highest BCUT2D eigenvalue weighted by Crippen LogP contribution is 2.18. The van der Waals surface area contributed by atoms with Gasteiger partial charge in [-0.1, -0.05) is 24.3 Å². The van der Waals surface area contributed by atoms with Crippen LogP contribution < -0.4 is 5.19 Å². The maximum atomic E-state index is 5.89. The van der Waals surface area contributed by atoms with Crippen LogP contribution >= 0.6 is 0 Å². The molecule has 3 nitrogen and oxygen atoms in total. The van der Waals surface area contributed by atoms with Gasteiger partial charge >= 0.3 is 0 Å². The molecule has 0 radical (unpaired) electrons. The molecule has 0 aliphatic heterocycles. The van der Waals surface area contributed by atoms with Crippen LogP contribution in [0.4, 0.5) is 0 Å². The van der Waals surface area contributed by atoms with E-state index in [9.17, 15) is 0 Å². The average Bonchev–Trinajstić information content (AvgIpc) is 2.39. The third-order valence-corrected chi connectivity index (χ3v) is 5.75. The number of benzene rings is 1. The molecule has 0 unspecified atom stereocenters. The molecule has 0 bridgehead atoms. The second-order valence-corrected chi connectivity index (χ2v) is 8.69. The molecule has 0 aliphatic rings. The van der Waals surface area contributed by atoms with Gasteiger partial charge in [0.2, 0.25) is 8.32 Å². The number of hydrogen-bond acceptors (Lipinski definition) is 3. The summed E-state index contributed by atoms with van der Waals surface area (Å²) in [6.45, 7) is 12.5. The number of ether oxygens (including phenoxy) is 2. The van der Waals surface area contributed by atoms with Crippen LogP contribution in [0.25, 0.3) is 0 Å². The monoisotopic (exact) mass is 282 g/mol. The second kappa shape index (κ2) is 7.80. The van der Waals surface area contributed by atoms with Crippen LogP contribution in [0, 0.1) is 0 Å². The van der Waals surface area contributed by atoms with Gasteiger partial charge in [-0.05, 0) is 39.1 Å². The quantitative estimate of drug-likeness (QED) is 0.541. The lowest BCUT2D eigenvalue weighted by atomic mass is 10.2. The summed E-state index contributed by atoms with van der Waals surface area (Å²) in [5.41, 5.74) is 1.06. The zero-order valence-corrected chi connectivity index (χ0v) is 13.7. The van der Waals surface area contributed by atoms with E-state index >= 15 is 0 Å². The summed E-state index contributed by atoms with van der Waals surface area (Å²) in [5, 5.41) is 1.30. The minimum absolute atomic E-state index is 0.263. The highest BCUT2D eigenvalue weighted by atomic mass is 28.4. The van der Waals surface area contributed by atoms with Crippen molar-refractivity contribution in [3.63, 3.8) is 0 Å². The zero-order chi connectivity index (χ0) is 14.3. The molecule has 0 saturated heterocycles. The van der Waals surface area contributed by atoms with Gasteiger partial charge in [0.05, 0.1) is 0 Å². The smallest absolute Gasteiger partial charge is 0.218 e. The van der Waals surface area contributed by atoms with Crippen molar-refractivity contribution in [3.05, 3.63) is 29.8 Å². The first-order valence-corrected chi connectivity index (χ1v) is 9.93. The highest BCUT2D eigenvalue weighted by molar-refractivity contribution is 6.84. The van der Waals surface area contributed by atoms with Crippen LogP contribution in [0.3, 0.4) is 0 Å². The molecule has 0 aliphatic carbocycles. The van der Waals surface area contributed by atoms with Crippen molar-refractivity contribution in [1.29, 1.82) is 0 Å². The molecule has 0 N–H and O–H groups in total. The number of hydrogen-bond donors (Lipinski definition) is 0. The van der Waals surface area contributed by atoms with E-state index in [0.717, 1.165) is 12.2 Å². The molecule has 1 aromatic carbocycles. The molecular weight excluding hydrogens is 256 g/mol. The van der Waals surface area contributed by atoms with E-state index in [-0.39, 0.29) is 6.29 Å². The molecule has 108 valence electrons. The van der Waals surface area contributed by atoms with Gasteiger partial charge in [0.1, 0.15) is 0 Å². The van der Waals surface area contributed by atoms with E-state index in [4.69, 9.17) is 13.9 Å². The van der Waals surface area contributed by atoms with Gasteiger partial charge < -0.3 is 13.9 Å². The van der Waals surface area contributed by atoms with Gasteiger partial charge in [-0.3, -0.25) is 0 Å². The molecule has 1 aromatic rings. The molecule has 0 aromatic heterocycles. The van der Waals surface area contributed by atoms with Crippen molar-refractivity contribution in [2.24, 2.45) is 0 Å². The molecule has 1 rings (SSSR count). The Hall–Kier alpha value is -0.683. The van der Waals surface area contributed by atoms with E-state index in [1.807, 2.05) is 20.8 Å². The Morgan fingerprint density at radius 1 is 0.895 bits per heavy atom. The summed E-state index contributed by atoms with van der Waals surface area (Å²) in [5.74, 6) is 0. The van der Waals surface area contributed by atoms with Crippen LogP contribution in [0.5, 0.6) is 0 Å². The summed E-state index contributed by atoms with van der Waals surface area (Å²) in [7, 11) is -1.76. The van der Waals surface area contributed by atoms with Crippen LogP contribution in [-0.2, 0) is 13.9 Å². The number of rotatable bonds is 8. The second-order valence-electron chi connectivity index (χ2n) is 4.81. The van der Waals surface area contributed by atoms with Gasteiger partial charge in [0.15, 0.2) is 6.29 Å². The fraction of sp³-hybridized carbons (Fsp3) is 0.600. The SMILES string of the molecule is CCOC(OCC)c1ccc([Si](C)(C)OCC)cc1. The zero-order valence-electron chi connectivity index (χ0n) is 12.7. The summed E-state index contributed by atoms with van der Waals surface area (Å²) in [4.78, 5) is 0. The lowest BCUT2D eigenvalue weighted by Gasteiger charge is -2.23. The first kappa shape index (κ1) is 16.4. The fourth-order valence-electron chi connectivity index (χ4n) is 2.03. The molecule has 0 fully saturated rings. The van der Waals surface area contributed by atoms with Crippen LogP contribution in [0.15, 0.2) is 24.3 Å². The lowest BCUT2D eigenvalue weighted by molar-refractivity contribution is -0.140.